The zero-order chi connectivity index (χ0) is 14.6. The van der Waals surface area contributed by atoms with Crippen molar-refractivity contribution in [3.63, 3.8) is 0 Å². The molecule has 5 nitrogen and oxygen atoms in total. The molecule has 19 heavy (non-hydrogen) atoms. The zero-order valence-electron chi connectivity index (χ0n) is 10.9. The minimum atomic E-state index is -1.31. The predicted octanol–water partition coefficient (Wildman–Crippen LogP) is 1.27. The number of carbonyl (C=O) groups is 2. The summed E-state index contributed by atoms with van der Waals surface area (Å²) in [5.74, 6) is -2.60. The molecule has 1 amide bonds. The van der Waals surface area contributed by atoms with Crippen LogP contribution in [0.5, 0.6) is 0 Å². The average Bonchev–Trinajstić information content (AvgIpc) is 2.35. The third-order valence-corrected chi connectivity index (χ3v) is 3.20. The number of halogens is 1. The number of primary amides is 1. The quantitative estimate of drug-likeness (QED) is 0.724. The van der Waals surface area contributed by atoms with E-state index in [1.807, 2.05) is 6.92 Å². The second kappa shape index (κ2) is 5.79. The van der Waals surface area contributed by atoms with Gasteiger partial charge in [0.05, 0.1) is 11.1 Å². The molecule has 0 spiro atoms. The Bertz CT molecular complexity index is 505. The van der Waals surface area contributed by atoms with Crippen molar-refractivity contribution in [1.29, 1.82) is 0 Å². The van der Waals surface area contributed by atoms with E-state index >= 15 is 0 Å². The Labute approximate surface area is 110 Å². The van der Waals surface area contributed by atoms with E-state index in [1.54, 1.807) is 6.92 Å². The molecule has 1 aromatic rings. The molecule has 0 aliphatic rings. The molecule has 1 atom stereocenters. The fourth-order valence-electron chi connectivity index (χ4n) is 1.53. The number of amides is 1. The first-order valence-electron chi connectivity index (χ1n) is 5.87. The number of aromatic carboxylic acids is 1. The van der Waals surface area contributed by atoms with Gasteiger partial charge in [-0.25, -0.2) is 9.18 Å². The predicted molar refractivity (Wildman–Crippen MR) is 68.1 cm³/mol. The first kappa shape index (κ1) is 15.1. The largest absolute Gasteiger partial charge is 0.478 e. The van der Waals surface area contributed by atoms with E-state index < -0.39 is 23.2 Å². The lowest BCUT2D eigenvalue weighted by atomic mass is 9.97. The molecular weight excluding hydrogens is 251 g/mol. The molecule has 1 unspecified atom stereocenters. The maximum atomic E-state index is 13.5. The van der Waals surface area contributed by atoms with Crippen LogP contribution in [0.25, 0.3) is 0 Å². The minimum Gasteiger partial charge on any atom is -0.478 e. The van der Waals surface area contributed by atoms with E-state index in [0.717, 1.165) is 6.07 Å². The summed E-state index contributed by atoms with van der Waals surface area (Å²) in [6.45, 7) is 3.70. The zero-order valence-corrected chi connectivity index (χ0v) is 10.9. The Morgan fingerprint density at radius 2 is 2.11 bits per heavy atom. The molecule has 6 heteroatoms. The van der Waals surface area contributed by atoms with Gasteiger partial charge in [-0.3, -0.25) is 10.1 Å². The summed E-state index contributed by atoms with van der Waals surface area (Å²) in [4.78, 5) is 22.0. The highest BCUT2D eigenvalue weighted by molar-refractivity contribution is 5.88. The maximum absolute atomic E-state index is 13.5. The Hall–Kier alpha value is -1.95. The summed E-state index contributed by atoms with van der Waals surface area (Å²) in [6.07, 6.45) is 0.498. The number of carboxylic acids is 1. The number of hydrogen-bond acceptors (Lipinski definition) is 3. The third kappa shape index (κ3) is 3.51. The van der Waals surface area contributed by atoms with Crippen molar-refractivity contribution in [1.82, 2.24) is 5.32 Å². The Balaban J connectivity index is 2.82. The second-order valence-electron chi connectivity index (χ2n) is 4.52. The summed E-state index contributed by atoms with van der Waals surface area (Å²) >= 11 is 0. The van der Waals surface area contributed by atoms with E-state index in [0.29, 0.717) is 12.0 Å². The number of benzene rings is 1. The van der Waals surface area contributed by atoms with Crippen LogP contribution in [0, 0.1) is 5.82 Å². The topological polar surface area (TPSA) is 92.4 Å². The number of rotatable bonds is 6. The lowest BCUT2D eigenvalue weighted by Crippen LogP contribution is -2.52. The Kier molecular flexibility index (Phi) is 4.61. The maximum Gasteiger partial charge on any atom is 0.338 e. The Morgan fingerprint density at radius 1 is 1.47 bits per heavy atom. The molecule has 0 aliphatic heterocycles. The molecule has 0 aromatic heterocycles. The van der Waals surface area contributed by atoms with Crippen LogP contribution in [0.1, 0.15) is 36.2 Å². The van der Waals surface area contributed by atoms with Gasteiger partial charge in [0.1, 0.15) is 5.82 Å². The van der Waals surface area contributed by atoms with Crippen molar-refractivity contribution < 1.29 is 19.1 Å². The van der Waals surface area contributed by atoms with Gasteiger partial charge in [-0.05, 0) is 31.0 Å². The number of carbonyl (C=O) groups excluding carboxylic acids is 1. The van der Waals surface area contributed by atoms with Gasteiger partial charge in [0.2, 0.25) is 5.91 Å². The smallest absolute Gasteiger partial charge is 0.338 e. The number of carboxylic acid groups (broad SMARTS) is 1. The van der Waals surface area contributed by atoms with Gasteiger partial charge in [0.15, 0.2) is 0 Å². The van der Waals surface area contributed by atoms with E-state index in [4.69, 9.17) is 10.8 Å². The lowest BCUT2D eigenvalue weighted by molar-refractivity contribution is -0.124. The van der Waals surface area contributed by atoms with Gasteiger partial charge in [-0.15, -0.1) is 0 Å². The molecule has 0 saturated heterocycles. The van der Waals surface area contributed by atoms with Crippen molar-refractivity contribution in [2.45, 2.75) is 32.4 Å². The number of nitrogens with one attached hydrogen (secondary N) is 1. The normalized spacial score (nSPS) is 13.8. The van der Waals surface area contributed by atoms with E-state index in [9.17, 15) is 14.0 Å². The first-order chi connectivity index (χ1) is 8.80. The number of hydrogen-bond donors (Lipinski definition) is 3. The van der Waals surface area contributed by atoms with Crippen LogP contribution < -0.4 is 11.1 Å². The van der Waals surface area contributed by atoms with Gasteiger partial charge in [-0.1, -0.05) is 13.0 Å². The van der Waals surface area contributed by atoms with Crippen LogP contribution >= 0.6 is 0 Å². The van der Waals surface area contributed by atoms with Crippen LogP contribution in [0.2, 0.25) is 0 Å². The first-order valence-corrected chi connectivity index (χ1v) is 5.87. The van der Waals surface area contributed by atoms with Gasteiger partial charge >= 0.3 is 5.97 Å². The Morgan fingerprint density at radius 3 is 2.53 bits per heavy atom. The van der Waals surface area contributed by atoms with Gasteiger partial charge in [0.25, 0.3) is 0 Å². The van der Waals surface area contributed by atoms with E-state index in [2.05, 4.69) is 5.32 Å². The van der Waals surface area contributed by atoms with Crippen LogP contribution in [0.3, 0.4) is 0 Å². The molecule has 104 valence electrons. The second-order valence-corrected chi connectivity index (χ2v) is 4.52. The van der Waals surface area contributed by atoms with E-state index in [-0.39, 0.29) is 12.1 Å². The molecule has 0 heterocycles. The van der Waals surface area contributed by atoms with E-state index in [1.165, 1.54) is 12.1 Å². The molecule has 0 bridgehead atoms. The summed E-state index contributed by atoms with van der Waals surface area (Å²) < 4.78 is 13.5. The van der Waals surface area contributed by atoms with Gasteiger partial charge < -0.3 is 10.8 Å². The third-order valence-electron chi connectivity index (χ3n) is 3.20. The molecule has 1 aromatic carbocycles. The van der Waals surface area contributed by atoms with Crippen molar-refractivity contribution in [2.75, 3.05) is 0 Å². The summed E-state index contributed by atoms with van der Waals surface area (Å²) in [7, 11) is 0. The van der Waals surface area contributed by atoms with Gasteiger partial charge in [0, 0.05) is 6.54 Å². The summed E-state index contributed by atoms with van der Waals surface area (Å²) in [6, 6.07) is 3.83. The fraction of sp³-hybridized carbons (Fsp3) is 0.385. The highest BCUT2D eigenvalue weighted by Crippen LogP contribution is 2.13. The van der Waals surface area contributed by atoms with Crippen LogP contribution in [-0.2, 0) is 11.3 Å². The minimum absolute atomic E-state index is 0.226. The summed E-state index contributed by atoms with van der Waals surface area (Å²) in [5, 5.41) is 11.7. The van der Waals surface area contributed by atoms with Crippen molar-refractivity contribution in [3.05, 3.63) is 35.1 Å². The molecule has 0 fully saturated rings. The highest BCUT2D eigenvalue weighted by Gasteiger charge is 2.27. The summed E-state index contributed by atoms with van der Waals surface area (Å²) in [5.41, 5.74) is 4.58. The van der Waals surface area contributed by atoms with Crippen molar-refractivity contribution in [3.8, 4) is 0 Å². The molecule has 1 rings (SSSR count). The molecule has 0 radical (unpaired) electrons. The molecule has 4 N–H and O–H groups in total. The highest BCUT2D eigenvalue weighted by atomic mass is 19.1. The van der Waals surface area contributed by atoms with Crippen LogP contribution in [0.15, 0.2) is 18.2 Å². The monoisotopic (exact) mass is 268 g/mol. The van der Waals surface area contributed by atoms with Crippen LogP contribution in [-0.4, -0.2) is 22.5 Å². The molecular formula is C13H17FN2O3. The lowest BCUT2D eigenvalue weighted by Gasteiger charge is -2.26. The molecule has 0 aliphatic carbocycles. The van der Waals surface area contributed by atoms with Crippen LogP contribution in [0.4, 0.5) is 4.39 Å². The average molecular weight is 268 g/mol. The van der Waals surface area contributed by atoms with Gasteiger partial charge in [-0.2, -0.15) is 0 Å². The van der Waals surface area contributed by atoms with Crippen molar-refractivity contribution in [2.24, 2.45) is 5.73 Å². The fourth-order valence-corrected chi connectivity index (χ4v) is 1.53. The van der Waals surface area contributed by atoms with Crippen molar-refractivity contribution >= 4 is 11.9 Å². The number of nitrogens with two attached hydrogens (primary N) is 1. The molecule has 0 saturated carbocycles. The standard InChI is InChI=1S/C13H17FN2O3/c1-3-13(2,12(15)19)16-7-8-4-5-9(11(17)18)10(14)6-8/h4-6,16H,3,7H2,1-2H3,(H2,15,19)(H,17,18). The SMILES string of the molecule is CCC(C)(NCc1ccc(C(=O)O)c(F)c1)C(N)=O.